The summed E-state index contributed by atoms with van der Waals surface area (Å²) in [5, 5.41) is 57.2. The number of aromatic nitrogens is 1. The summed E-state index contributed by atoms with van der Waals surface area (Å²) in [5.74, 6) is 0.612. The monoisotopic (exact) mass is 546 g/mol. The van der Waals surface area contributed by atoms with Crippen molar-refractivity contribution in [2.24, 2.45) is 11.3 Å². The van der Waals surface area contributed by atoms with Crippen LogP contribution in [0.1, 0.15) is 50.5 Å². The molecule has 3 aliphatic heterocycles. The molecule has 4 heterocycles. The number of allylic oxidation sites excluding steroid dienone is 1. The van der Waals surface area contributed by atoms with Gasteiger partial charge in [-0.15, -0.1) is 0 Å². The van der Waals surface area contributed by atoms with Crippen LogP contribution in [-0.2, 0) is 4.74 Å². The summed E-state index contributed by atoms with van der Waals surface area (Å²) in [7, 11) is 0. The molecule has 5 unspecified atom stereocenters. The minimum absolute atomic E-state index is 0.0312. The maximum absolute atomic E-state index is 11.9. The molecule has 0 radical (unpaired) electrons. The molecule has 6 aliphatic rings. The predicted molar refractivity (Wildman–Crippen MR) is 147 cm³/mol. The van der Waals surface area contributed by atoms with E-state index in [4.69, 9.17) is 4.74 Å². The number of aliphatic hydroxyl groups is 5. The molecule has 2 saturated heterocycles. The van der Waals surface area contributed by atoms with E-state index >= 15 is 0 Å². The fourth-order valence-electron chi connectivity index (χ4n) is 9.78. The lowest BCUT2D eigenvalue weighted by atomic mass is 9.58. The van der Waals surface area contributed by atoms with Crippen LogP contribution in [0.5, 0.6) is 0 Å². The molecule has 1 aromatic carbocycles. The van der Waals surface area contributed by atoms with Gasteiger partial charge in [0.1, 0.15) is 23.9 Å². The SMILES string of the molecule is C[C@]12CC=C3C=C4C(O)C(O)[C@@H](N5C[C@H](O)[C@@H](O)C5)C(O)[C@]45CCC3(O5)[C@@H]1CCC2c1ccc2ccncc2c1. The molecule has 5 N–H and O–H groups in total. The number of pyridine rings is 1. The molecule has 8 nitrogen and oxygen atoms in total. The summed E-state index contributed by atoms with van der Waals surface area (Å²) in [5.41, 5.74) is 1.27. The molecule has 11 atom stereocenters. The zero-order valence-electron chi connectivity index (χ0n) is 22.7. The number of fused-ring (bicyclic) bond motifs is 2. The van der Waals surface area contributed by atoms with Crippen LogP contribution in [0.4, 0.5) is 0 Å². The second-order valence-corrected chi connectivity index (χ2v) is 13.5. The minimum Gasteiger partial charge on any atom is -0.389 e. The molecule has 40 heavy (non-hydrogen) atoms. The predicted octanol–water partition coefficient (Wildman–Crippen LogP) is 1.80. The molecule has 8 heteroatoms. The van der Waals surface area contributed by atoms with E-state index < -0.39 is 47.8 Å². The van der Waals surface area contributed by atoms with Gasteiger partial charge in [-0.3, -0.25) is 9.88 Å². The fourth-order valence-corrected chi connectivity index (χ4v) is 9.78. The van der Waals surface area contributed by atoms with Gasteiger partial charge in [0.15, 0.2) is 0 Å². The van der Waals surface area contributed by atoms with E-state index in [1.165, 1.54) is 10.9 Å². The lowest BCUT2D eigenvalue weighted by molar-refractivity contribution is -0.215. The quantitative estimate of drug-likeness (QED) is 0.386. The molecule has 1 aromatic heterocycles. The highest BCUT2D eigenvalue weighted by Crippen LogP contribution is 2.69. The standard InChI is InChI=1S/C32H38N2O6/c1-30-8-6-20-13-22-27(37)28(38)26(34-15-23(35)24(36)16-34)29(39)32(22)10-9-31(20,40-32)25(30)5-4-21(30)18-3-2-17-7-11-33-14-19(17)12-18/h2-3,6-7,11-14,21,23-29,35-39H,4-5,8-10,15-16H2,1H3/t21?,23-,24-,25+,26+,27?,28?,29?,30+,31?,32-/m0/s1. The highest BCUT2D eigenvalue weighted by atomic mass is 16.5. The minimum atomic E-state index is -1.26. The molecule has 2 aromatic rings. The lowest BCUT2D eigenvalue weighted by Gasteiger charge is -2.57. The summed E-state index contributed by atoms with van der Waals surface area (Å²) < 4.78 is 7.17. The van der Waals surface area contributed by atoms with Crippen molar-refractivity contribution in [3.8, 4) is 0 Å². The van der Waals surface area contributed by atoms with Crippen LogP contribution in [0.2, 0.25) is 0 Å². The van der Waals surface area contributed by atoms with Gasteiger partial charge in [-0.1, -0.05) is 31.2 Å². The van der Waals surface area contributed by atoms with Gasteiger partial charge in [0.2, 0.25) is 0 Å². The number of nitrogens with zero attached hydrogens (tertiary/aromatic N) is 2. The van der Waals surface area contributed by atoms with Crippen molar-refractivity contribution in [1.29, 1.82) is 0 Å². The maximum Gasteiger partial charge on any atom is 0.121 e. The molecular formula is C32H38N2O6. The summed E-state index contributed by atoms with van der Waals surface area (Å²) in [4.78, 5) is 6.05. The van der Waals surface area contributed by atoms with Crippen molar-refractivity contribution >= 4 is 10.8 Å². The number of hydrogen-bond donors (Lipinski definition) is 5. The summed E-state index contributed by atoms with van der Waals surface area (Å²) >= 11 is 0. The Labute approximate surface area is 233 Å². The summed E-state index contributed by atoms with van der Waals surface area (Å²) in [6.45, 7) is 2.65. The molecule has 8 rings (SSSR count). The molecule has 4 fully saturated rings. The fraction of sp³-hybridized carbons (Fsp3) is 0.594. The summed E-state index contributed by atoms with van der Waals surface area (Å²) in [6, 6.07) is 7.94. The van der Waals surface area contributed by atoms with Crippen LogP contribution in [-0.4, -0.2) is 96.3 Å². The van der Waals surface area contributed by atoms with E-state index in [1.807, 2.05) is 24.5 Å². The number of ether oxygens (including phenoxy) is 1. The third-order valence-electron chi connectivity index (χ3n) is 11.8. The van der Waals surface area contributed by atoms with Crippen LogP contribution >= 0.6 is 0 Å². The third-order valence-corrected chi connectivity index (χ3v) is 11.8. The Kier molecular flexibility index (Phi) is 5.39. The van der Waals surface area contributed by atoms with Crippen LogP contribution in [0, 0.1) is 11.3 Å². The van der Waals surface area contributed by atoms with Gasteiger partial charge < -0.3 is 30.3 Å². The Hall–Kier alpha value is -2.17. The second kappa shape index (κ2) is 8.44. The largest absolute Gasteiger partial charge is 0.389 e. The van der Waals surface area contributed by atoms with E-state index in [0.717, 1.165) is 36.6 Å². The van der Waals surface area contributed by atoms with Gasteiger partial charge in [-0.2, -0.15) is 0 Å². The molecular weight excluding hydrogens is 508 g/mol. The van der Waals surface area contributed by atoms with E-state index in [0.29, 0.717) is 17.9 Å². The van der Waals surface area contributed by atoms with Crippen molar-refractivity contribution < 1.29 is 30.3 Å². The van der Waals surface area contributed by atoms with Crippen molar-refractivity contribution in [3.05, 3.63) is 65.5 Å². The zero-order chi connectivity index (χ0) is 27.6. The maximum atomic E-state index is 11.9. The van der Waals surface area contributed by atoms with E-state index in [2.05, 4.69) is 36.2 Å². The van der Waals surface area contributed by atoms with Gasteiger partial charge in [0, 0.05) is 30.9 Å². The van der Waals surface area contributed by atoms with Gasteiger partial charge in [0.05, 0.1) is 23.9 Å². The third kappa shape index (κ3) is 3.13. The lowest BCUT2D eigenvalue weighted by Crippen LogP contribution is -2.70. The average Bonchev–Trinajstić information content (AvgIpc) is 3.59. The van der Waals surface area contributed by atoms with Gasteiger partial charge in [-0.05, 0) is 83.6 Å². The second-order valence-electron chi connectivity index (χ2n) is 13.5. The molecule has 0 amide bonds. The number of likely N-dealkylation sites (tertiary alicyclic amines) is 1. The first-order chi connectivity index (χ1) is 19.2. The van der Waals surface area contributed by atoms with Gasteiger partial charge >= 0.3 is 0 Å². The molecule has 2 bridgehead atoms. The van der Waals surface area contributed by atoms with Crippen LogP contribution < -0.4 is 0 Å². The molecule has 2 spiro atoms. The van der Waals surface area contributed by atoms with Crippen molar-refractivity contribution in [2.45, 2.75) is 92.7 Å². The van der Waals surface area contributed by atoms with Gasteiger partial charge in [-0.25, -0.2) is 0 Å². The van der Waals surface area contributed by atoms with Crippen molar-refractivity contribution in [2.75, 3.05) is 13.1 Å². The Bertz CT molecular complexity index is 1430. The number of benzene rings is 1. The average molecular weight is 547 g/mol. The highest BCUT2D eigenvalue weighted by molar-refractivity contribution is 5.82. The number of hydrogen-bond acceptors (Lipinski definition) is 8. The molecule has 2 saturated carbocycles. The van der Waals surface area contributed by atoms with E-state index in [-0.39, 0.29) is 24.4 Å². The van der Waals surface area contributed by atoms with Gasteiger partial charge in [0.25, 0.3) is 0 Å². The normalized spacial score (nSPS) is 48.0. The van der Waals surface area contributed by atoms with Crippen LogP contribution in [0.25, 0.3) is 10.8 Å². The molecule has 3 aliphatic carbocycles. The Balaban J connectivity index is 1.17. The first-order valence-corrected chi connectivity index (χ1v) is 14.8. The first kappa shape index (κ1) is 25.5. The Morgan fingerprint density at radius 1 is 0.950 bits per heavy atom. The number of rotatable bonds is 2. The Morgan fingerprint density at radius 3 is 2.52 bits per heavy atom. The zero-order valence-corrected chi connectivity index (χ0v) is 22.7. The first-order valence-electron chi connectivity index (χ1n) is 14.8. The van der Waals surface area contributed by atoms with Crippen molar-refractivity contribution in [1.82, 2.24) is 9.88 Å². The smallest absolute Gasteiger partial charge is 0.121 e. The highest BCUT2D eigenvalue weighted by Gasteiger charge is 2.71. The molecule has 212 valence electrons. The van der Waals surface area contributed by atoms with Crippen molar-refractivity contribution in [3.63, 3.8) is 0 Å². The Morgan fingerprint density at radius 2 is 1.73 bits per heavy atom. The van der Waals surface area contributed by atoms with Crippen LogP contribution in [0.15, 0.2) is 60.0 Å². The number of β-amino-alcohol motifs (C(OH)–C–C–N with tert-alkyl or cyclic N) is 2. The number of aliphatic hydroxyl groups excluding tert-OH is 5. The van der Waals surface area contributed by atoms with Crippen LogP contribution in [0.3, 0.4) is 0 Å². The topological polar surface area (TPSA) is 127 Å². The van der Waals surface area contributed by atoms with E-state index in [1.54, 1.807) is 4.90 Å². The van der Waals surface area contributed by atoms with E-state index in [9.17, 15) is 25.5 Å². The summed E-state index contributed by atoms with van der Waals surface area (Å²) in [6.07, 6.45) is 6.85.